The zero-order valence-corrected chi connectivity index (χ0v) is 17.7. The van der Waals surface area contributed by atoms with Crippen LogP contribution < -0.4 is 10.6 Å². The Labute approximate surface area is 169 Å². The Kier molecular flexibility index (Phi) is 11.9. The molecule has 0 aliphatic carbocycles. The van der Waals surface area contributed by atoms with Gasteiger partial charge in [-0.15, -0.1) is 24.0 Å². The van der Waals surface area contributed by atoms with Gasteiger partial charge in [-0.2, -0.15) is 0 Å². The molecule has 0 amide bonds. The molecule has 1 aliphatic heterocycles. The SMILES string of the molecule is CN=C(NCCCOC1CCOC1)NCCC(C)c1ccccc1.I. The Morgan fingerprint density at radius 1 is 1.28 bits per heavy atom. The minimum atomic E-state index is 0. The lowest BCUT2D eigenvalue weighted by Gasteiger charge is -2.15. The monoisotopic (exact) mass is 461 g/mol. The summed E-state index contributed by atoms with van der Waals surface area (Å²) in [6, 6.07) is 10.6. The third kappa shape index (κ3) is 8.87. The first kappa shape index (κ1) is 22.2. The van der Waals surface area contributed by atoms with Crippen LogP contribution in [0, 0.1) is 0 Å². The summed E-state index contributed by atoms with van der Waals surface area (Å²) in [7, 11) is 1.81. The van der Waals surface area contributed by atoms with E-state index in [0.717, 1.165) is 58.1 Å². The molecule has 0 saturated carbocycles. The molecule has 5 nitrogen and oxygen atoms in total. The minimum Gasteiger partial charge on any atom is -0.379 e. The van der Waals surface area contributed by atoms with Crippen LogP contribution >= 0.6 is 24.0 Å². The van der Waals surface area contributed by atoms with Crippen LogP contribution in [0.5, 0.6) is 0 Å². The highest BCUT2D eigenvalue weighted by atomic mass is 127. The van der Waals surface area contributed by atoms with Gasteiger partial charge in [-0.1, -0.05) is 37.3 Å². The average Bonchev–Trinajstić information content (AvgIpc) is 3.14. The highest BCUT2D eigenvalue weighted by molar-refractivity contribution is 14.0. The molecule has 2 rings (SSSR count). The van der Waals surface area contributed by atoms with E-state index in [9.17, 15) is 0 Å². The molecule has 0 aromatic heterocycles. The van der Waals surface area contributed by atoms with Gasteiger partial charge in [0.15, 0.2) is 5.96 Å². The van der Waals surface area contributed by atoms with Crippen molar-refractivity contribution in [2.75, 3.05) is 40.0 Å². The molecule has 0 radical (unpaired) electrons. The van der Waals surface area contributed by atoms with Gasteiger partial charge in [0.2, 0.25) is 0 Å². The molecule has 25 heavy (non-hydrogen) atoms. The van der Waals surface area contributed by atoms with Crippen LogP contribution in [0.15, 0.2) is 35.3 Å². The lowest BCUT2D eigenvalue weighted by Crippen LogP contribution is -2.38. The second-order valence-corrected chi connectivity index (χ2v) is 6.24. The molecule has 0 spiro atoms. The number of aliphatic imine (C=N–C) groups is 1. The fourth-order valence-electron chi connectivity index (χ4n) is 2.75. The van der Waals surface area contributed by atoms with E-state index in [2.05, 4.69) is 52.9 Å². The van der Waals surface area contributed by atoms with Gasteiger partial charge < -0.3 is 20.1 Å². The number of ether oxygens (including phenoxy) is 2. The van der Waals surface area contributed by atoms with Crippen LogP contribution in [0.4, 0.5) is 0 Å². The second-order valence-electron chi connectivity index (χ2n) is 6.24. The first-order valence-corrected chi connectivity index (χ1v) is 8.98. The van der Waals surface area contributed by atoms with Gasteiger partial charge in [-0.05, 0) is 30.7 Å². The molecule has 6 heteroatoms. The first-order valence-electron chi connectivity index (χ1n) is 8.98. The number of hydrogen-bond donors (Lipinski definition) is 2. The fraction of sp³-hybridized carbons (Fsp3) is 0.632. The van der Waals surface area contributed by atoms with Crippen LogP contribution in [0.2, 0.25) is 0 Å². The number of nitrogens with zero attached hydrogens (tertiary/aromatic N) is 1. The van der Waals surface area contributed by atoms with E-state index in [0.29, 0.717) is 12.0 Å². The molecule has 1 aromatic carbocycles. The molecule has 2 unspecified atom stereocenters. The molecule has 1 fully saturated rings. The lowest BCUT2D eigenvalue weighted by molar-refractivity contribution is 0.0420. The Bertz CT molecular complexity index is 479. The molecule has 142 valence electrons. The first-order chi connectivity index (χ1) is 11.8. The molecular formula is C19H32IN3O2. The van der Waals surface area contributed by atoms with E-state index in [-0.39, 0.29) is 24.0 Å². The number of benzene rings is 1. The predicted octanol–water partition coefficient (Wildman–Crippen LogP) is 3.16. The summed E-state index contributed by atoms with van der Waals surface area (Å²) < 4.78 is 11.1. The molecule has 1 aliphatic rings. The molecule has 0 bridgehead atoms. The normalized spacial score (nSPS) is 18.5. The predicted molar refractivity (Wildman–Crippen MR) is 114 cm³/mol. The van der Waals surface area contributed by atoms with Crippen LogP contribution in [0.25, 0.3) is 0 Å². The summed E-state index contributed by atoms with van der Waals surface area (Å²) in [6.45, 7) is 6.38. The second kappa shape index (κ2) is 13.4. The maximum absolute atomic E-state index is 5.75. The van der Waals surface area contributed by atoms with Crippen molar-refractivity contribution >= 4 is 29.9 Å². The molecular weight excluding hydrogens is 429 g/mol. The van der Waals surface area contributed by atoms with Crippen molar-refractivity contribution in [3.63, 3.8) is 0 Å². The van der Waals surface area contributed by atoms with Crippen molar-refractivity contribution in [3.05, 3.63) is 35.9 Å². The summed E-state index contributed by atoms with van der Waals surface area (Å²) in [4.78, 5) is 4.27. The highest BCUT2D eigenvalue weighted by Gasteiger charge is 2.15. The van der Waals surface area contributed by atoms with Crippen LogP contribution in [-0.4, -0.2) is 52.0 Å². The third-order valence-corrected chi connectivity index (χ3v) is 4.32. The van der Waals surface area contributed by atoms with Crippen LogP contribution in [0.1, 0.15) is 37.7 Å². The summed E-state index contributed by atoms with van der Waals surface area (Å²) in [6.07, 6.45) is 3.37. The number of halogens is 1. The van der Waals surface area contributed by atoms with Gasteiger partial charge in [-0.3, -0.25) is 4.99 Å². The lowest BCUT2D eigenvalue weighted by atomic mass is 9.98. The maximum Gasteiger partial charge on any atom is 0.190 e. The summed E-state index contributed by atoms with van der Waals surface area (Å²) in [5.41, 5.74) is 1.38. The molecule has 1 saturated heterocycles. The molecule has 2 N–H and O–H groups in total. The van der Waals surface area contributed by atoms with Gasteiger partial charge in [0.05, 0.1) is 12.7 Å². The Morgan fingerprint density at radius 2 is 2.04 bits per heavy atom. The number of nitrogens with one attached hydrogen (secondary N) is 2. The minimum absolute atomic E-state index is 0. The maximum atomic E-state index is 5.75. The van der Waals surface area contributed by atoms with Gasteiger partial charge in [0.25, 0.3) is 0 Å². The summed E-state index contributed by atoms with van der Waals surface area (Å²) in [5.74, 6) is 1.40. The van der Waals surface area contributed by atoms with Crippen molar-refractivity contribution in [3.8, 4) is 0 Å². The van der Waals surface area contributed by atoms with Gasteiger partial charge >= 0.3 is 0 Å². The third-order valence-electron chi connectivity index (χ3n) is 4.32. The number of hydrogen-bond acceptors (Lipinski definition) is 3. The average molecular weight is 461 g/mol. The van der Waals surface area contributed by atoms with Crippen molar-refractivity contribution in [2.45, 2.75) is 38.2 Å². The zero-order valence-electron chi connectivity index (χ0n) is 15.4. The Balaban J connectivity index is 0.00000312. The van der Waals surface area contributed by atoms with Crippen molar-refractivity contribution in [2.24, 2.45) is 4.99 Å². The van der Waals surface area contributed by atoms with Crippen molar-refractivity contribution in [1.29, 1.82) is 0 Å². The molecule has 1 aromatic rings. The standard InChI is InChI=1S/C19H31N3O2.HI/c1-16(17-7-4-3-5-8-17)9-12-22-19(20-2)21-11-6-13-24-18-10-14-23-15-18;/h3-5,7-8,16,18H,6,9-15H2,1-2H3,(H2,20,21,22);1H. The van der Waals surface area contributed by atoms with Gasteiger partial charge in [0.1, 0.15) is 0 Å². The molecule has 2 atom stereocenters. The van der Waals surface area contributed by atoms with Crippen molar-refractivity contribution in [1.82, 2.24) is 10.6 Å². The smallest absolute Gasteiger partial charge is 0.190 e. The summed E-state index contributed by atoms with van der Waals surface area (Å²) in [5, 5.41) is 6.72. The Hall–Kier alpha value is -0.860. The molecule has 1 heterocycles. The van der Waals surface area contributed by atoms with Gasteiger partial charge in [0, 0.05) is 33.4 Å². The van der Waals surface area contributed by atoms with E-state index < -0.39 is 0 Å². The van der Waals surface area contributed by atoms with E-state index in [1.165, 1.54) is 5.56 Å². The fourth-order valence-corrected chi connectivity index (χ4v) is 2.75. The van der Waals surface area contributed by atoms with Crippen LogP contribution in [0.3, 0.4) is 0 Å². The van der Waals surface area contributed by atoms with E-state index in [1.54, 1.807) is 0 Å². The number of rotatable bonds is 9. The quantitative estimate of drug-likeness (QED) is 0.257. The number of guanidine groups is 1. The van der Waals surface area contributed by atoms with E-state index in [1.807, 2.05) is 7.05 Å². The zero-order chi connectivity index (χ0) is 17.0. The Morgan fingerprint density at radius 3 is 2.72 bits per heavy atom. The summed E-state index contributed by atoms with van der Waals surface area (Å²) >= 11 is 0. The van der Waals surface area contributed by atoms with Crippen LogP contribution in [-0.2, 0) is 9.47 Å². The largest absolute Gasteiger partial charge is 0.379 e. The topological polar surface area (TPSA) is 54.9 Å². The van der Waals surface area contributed by atoms with E-state index in [4.69, 9.17) is 9.47 Å². The van der Waals surface area contributed by atoms with E-state index >= 15 is 0 Å². The van der Waals surface area contributed by atoms with Crippen molar-refractivity contribution < 1.29 is 9.47 Å². The highest BCUT2D eigenvalue weighted by Crippen LogP contribution is 2.17. The van der Waals surface area contributed by atoms with Gasteiger partial charge in [-0.25, -0.2) is 0 Å².